The Kier molecular flexibility index (Phi) is 5.86. The third-order valence-corrected chi connectivity index (χ3v) is 5.25. The second-order valence-electron chi connectivity index (χ2n) is 6.05. The fraction of sp³-hybridized carbons (Fsp3) is 0.0476. The zero-order valence-corrected chi connectivity index (χ0v) is 16.0. The van der Waals surface area contributed by atoms with Crippen LogP contribution in [0.1, 0.15) is 16.7 Å². The van der Waals surface area contributed by atoms with Crippen molar-refractivity contribution >= 4 is 21.4 Å². The fourth-order valence-electron chi connectivity index (χ4n) is 2.56. The average molecular weight is 393 g/mol. The highest BCUT2D eigenvalue weighted by Gasteiger charge is 2.18. The minimum Gasteiger partial charge on any atom is -0.410 e. The van der Waals surface area contributed by atoms with Gasteiger partial charge < -0.3 is 5.21 Å². The summed E-state index contributed by atoms with van der Waals surface area (Å²) in [6.45, 7) is 1.87. The Hall–Kier alpha value is -3.45. The van der Waals surface area contributed by atoms with Crippen LogP contribution in [-0.4, -0.2) is 25.0 Å². The molecule has 0 saturated heterocycles. The molecule has 6 nitrogen and oxygen atoms in total. The Bertz CT molecular complexity index is 1090. The summed E-state index contributed by atoms with van der Waals surface area (Å²) in [6.07, 6.45) is 0. The number of rotatable bonds is 6. The van der Waals surface area contributed by atoms with Gasteiger partial charge in [-0.3, -0.25) is 0 Å². The van der Waals surface area contributed by atoms with Gasteiger partial charge in [0.2, 0.25) is 0 Å². The first-order valence-corrected chi connectivity index (χ1v) is 9.99. The van der Waals surface area contributed by atoms with Gasteiger partial charge in [-0.15, -0.1) is 0 Å². The van der Waals surface area contributed by atoms with Gasteiger partial charge in [-0.1, -0.05) is 83.5 Å². The second kappa shape index (κ2) is 8.49. The van der Waals surface area contributed by atoms with Crippen LogP contribution in [0.5, 0.6) is 0 Å². The highest BCUT2D eigenvalue weighted by atomic mass is 32.2. The van der Waals surface area contributed by atoms with Crippen molar-refractivity contribution in [3.8, 4) is 0 Å². The Labute approximate surface area is 163 Å². The molecule has 142 valence electrons. The lowest BCUT2D eigenvalue weighted by molar-refractivity contribution is 0.320. The van der Waals surface area contributed by atoms with E-state index in [2.05, 4.69) is 15.1 Å². The van der Waals surface area contributed by atoms with Gasteiger partial charge in [0, 0.05) is 11.1 Å². The van der Waals surface area contributed by atoms with E-state index in [0.717, 1.165) is 5.56 Å². The molecule has 0 aromatic heterocycles. The van der Waals surface area contributed by atoms with Crippen LogP contribution in [0.3, 0.4) is 0 Å². The van der Waals surface area contributed by atoms with Gasteiger partial charge in [0.1, 0.15) is 11.4 Å². The molecule has 0 aliphatic rings. The molecular formula is C21H19N3O3S. The predicted octanol–water partition coefficient (Wildman–Crippen LogP) is 3.56. The van der Waals surface area contributed by atoms with E-state index < -0.39 is 10.0 Å². The summed E-state index contributed by atoms with van der Waals surface area (Å²) < 4.78 is 25.2. The second-order valence-corrected chi connectivity index (χ2v) is 7.71. The first kappa shape index (κ1) is 19.3. The van der Waals surface area contributed by atoms with Gasteiger partial charge in [0.25, 0.3) is 10.0 Å². The lowest BCUT2D eigenvalue weighted by atomic mass is 10.00. The summed E-state index contributed by atoms with van der Waals surface area (Å²) in [5, 5.41) is 17.1. The highest BCUT2D eigenvalue weighted by molar-refractivity contribution is 7.89. The molecule has 0 heterocycles. The molecule has 3 rings (SSSR count). The first-order chi connectivity index (χ1) is 13.5. The summed E-state index contributed by atoms with van der Waals surface area (Å²) in [5.74, 6) is 0. The Morgan fingerprint density at radius 3 is 1.79 bits per heavy atom. The lowest BCUT2D eigenvalue weighted by Crippen LogP contribution is -2.25. The van der Waals surface area contributed by atoms with Gasteiger partial charge >= 0.3 is 0 Å². The molecule has 0 fully saturated rings. The van der Waals surface area contributed by atoms with E-state index in [-0.39, 0.29) is 16.3 Å². The van der Waals surface area contributed by atoms with Crippen LogP contribution < -0.4 is 4.83 Å². The van der Waals surface area contributed by atoms with E-state index in [0.29, 0.717) is 11.1 Å². The quantitative estimate of drug-likeness (QED) is 0.381. The molecule has 0 saturated carbocycles. The first-order valence-electron chi connectivity index (χ1n) is 8.51. The third kappa shape index (κ3) is 4.44. The largest absolute Gasteiger partial charge is 0.410 e. The number of benzene rings is 3. The predicted molar refractivity (Wildman–Crippen MR) is 109 cm³/mol. The maximum Gasteiger partial charge on any atom is 0.276 e. The van der Waals surface area contributed by atoms with Crippen molar-refractivity contribution < 1.29 is 13.6 Å². The molecular weight excluding hydrogens is 374 g/mol. The van der Waals surface area contributed by atoms with E-state index in [1.54, 1.807) is 60.7 Å². The zero-order valence-electron chi connectivity index (χ0n) is 15.1. The van der Waals surface area contributed by atoms with Crippen LogP contribution in [0, 0.1) is 6.92 Å². The topological polar surface area (TPSA) is 91.1 Å². The minimum absolute atomic E-state index is 0.0939. The van der Waals surface area contributed by atoms with Crippen molar-refractivity contribution in [1.29, 1.82) is 0 Å². The van der Waals surface area contributed by atoms with Gasteiger partial charge in [0.15, 0.2) is 0 Å². The molecule has 2 N–H and O–H groups in total. The Morgan fingerprint density at radius 2 is 1.29 bits per heavy atom. The van der Waals surface area contributed by atoms with Crippen LogP contribution >= 0.6 is 0 Å². The molecule has 0 bridgehead atoms. The van der Waals surface area contributed by atoms with Gasteiger partial charge in [-0.25, -0.2) is 0 Å². The lowest BCUT2D eigenvalue weighted by Gasteiger charge is -2.11. The molecule has 3 aromatic carbocycles. The van der Waals surface area contributed by atoms with Crippen molar-refractivity contribution in [1.82, 2.24) is 4.83 Å². The number of nitrogens with one attached hydrogen (secondary N) is 1. The Morgan fingerprint density at radius 1 is 0.786 bits per heavy atom. The van der Waals surface area contributed by atoms with Crippen molar-refractivity contribution in [3.63, 3.8) is 0 Å². The summed E-state index contributed by atoms with van der Waals surface area (Å²) in [4.78, 5) is 2.34. The molecule has 0 unspecified atom stereocenters. The van der Waals surface area contributed by atoms with Crippen LogP contribution in [0.4, 0.5) is 0 Å². The van der Waals surface area contributed by atoms with E-state index in [1.807, 2.05) is 19.1 Å². The number of hydrogen-bond acceptors (Lipinski definition) is 5. The average Bonchev–Trinajstić information content (AvgIpc) is 2.72. The number of hydrogen-bond donors (Lipinski definition) is 2. The van der Waals surface area contributed by atoms with Gasteiger partial charge in [-0.2, -0.15) is 18.4 Å². The number of hydrazone groups is 1. The van der Waals surface area contributed by atoms with Crippen molar-refractivity contribution in [2.75, 3.05) is 0 Å². The molecule has 0 amide bonds. The summed E-state index contributed by atoms with van der Waals surface area (Å²) in [6, 6.07) is 24.3. The molecule has 0 atom stereocenters. The van der Waals surface area contributed by atoms with E-state index in [4.69, 9.17) is 0 Å². The minimum atomic E-state index is -3.88. The van der Waals surface area contributed by atoms with E-state index in [9.17, 15) is 13.6 Å². The van der Waals surface area contributed by atoms with E-state index >= 15 is 0 Å². The molecule has 0 aliphatic carbocycles. The van der Waals surface area contributed by atoms with Crippen LogP contribution in [0.2, 0.25) is 0 Å². The number of sulfonamides is 1. The van der Waals surface area contributed by atoms with Crippen molar-refractivity contribution in [2.45, 2.75) is 11.8 Å². The maximum absolute atomic E-state index is 12.6. The molecule has 7 heteroatoms. The third-order valence-electron chi connectivity index (χ3n) is 4.03. The van der Waals surface area contributed by atoms with Crippen LogP contribution in [0.25, 0.3) is 0 Å². The number of nitrogens with zero attached hydrogens (tertiary/aromatic N) is 2. The summed E-state index contributed by atoms with van der Waals surface area (Å²) in [5.41, 5.74) is 2.50. The number of oxime groups is 1. The fourth-order valence-corrected chi connectivity index (χ4v) is 3.38. The van der Waals surface area contributed by atoms with Crippen molar-refractivity contribution in [2.24, 2.45) is 10.3 Å². The normalized spacial score (nSPS) is 12.6. The monoisotopic (exact) mass is 393 g/mol. The molecule has 3 aromatic rings. The molecule has 0 aliphatic heterocycles. The van der Waals surface area contributed by atoms with Gasteiger partial charge in [0.05, 0.1) is 4.90 Å². The van der Waals surface area contributed by atoms with E-state index in [1.165, 1.54) is 12.1 Å². The SMILES string of the molecule is Cc1ccc(S(=O)(=O)N/N=C(/C(=N/O)c2ccccc2)c2ccccc2)cc1. The number of aryl methyl sites for hydroxylation is 1. The standard InChI is InChI=1S/C21H19N3O3S/c1-16-12-14-19(15-13-16)28(26,27)24-22-20(17-8-4-2-5-9-17)21(23-25)18-10-6-3-7-11-18/h2-15,24-25H,1H3/b22-20+,23-21+. The highest BCUT2D eigenvalue weighted by Crippen LogP contribution is 2.13. The maximum atomic E-state index is 12.6. The van der Waals surface area contributed by atoms with Crippen LogP contribution in [0.15, 0.2) is 100 Å². The summed E-state index contributed by atoms with van der Waals surface area (Å²) >= 11 is 0. The summed E-state index contributed by atoms with van der Waals surface area (Å²) in [7, 11) is -3.88. The molecule has 0 spiro atoms. The smallest absolute Gasteiger partial charge is 0.276 e. The van der Waals surface area contributed by atoms with Gasteiger partial charge in [-0.05, 0) is 19.1 Å². The van der Waals surface area contributed by atoms with Crippen LogP contribution in [-0.2, 0) is 10.0 Å². The van der Waals surface area contributed by atoms with Crippen molar-refractivity contribution in [3.05, 3.63) is 102 Å². The Balaban J connectivity index is 2.03. The zero-order chi connectivity index (χ0) is 20.0. The molecule has 28 heavy (non-hydrogen) atoms. The molecule has 0 radical (unpaired) electrons.